The van der Waals surface area contributed by atoms with Crippen molar-refractivity contribution in [3.05, 3.63) is 78.4 Å². The van der Waals surface area contributed by atoms with Crippen LogP contribution in [-0.2, 0) is 4.79 Å². The van der Waals surface area contributed by atoms with Gasteiger partial charge in [0.15, 0.2) is 5.11 Å². The second kappa shape index (κ2) is 9.85. The Kier molecular flexibility index (Phi) is 6.98. The third-order valence-electron chi connectivity index (χ3n) is 4.17. The van der Waals surface area contributed by atoms with E-state index in [0.717, 1.165) is 27.8 Å². The van der Waals surface area contributed by atoms with Gasteiger partial charge < -0.3 is 10.1 Å². The molecule has 3 aromatic carbocycles. The van der Waals surface area contributed by atoms with Gasteiger partial charge in [-0.15, -0.1) is 0 Å². The van der Waals surface area contributed by atoms with E-state index in [1.54, 1.807) is 6.08 Å². The van der Waals surface area contributed by atoms with Gasteiger partial charge in [0.1, 0.15) is 5.75 Å². The number of amides is 1. The van der Waals surface area contributed by atoms with Gasteiger partial charge in [-0.3, -0.25) is 10.1 Å². The van der Waals surface area contributed by atoms with E-state index in [9.17, 15) is 4.79 Å². The fraction of sp³-hybridized carbons (Fsp3) is 0.167. The zero-order valence-corrected chi connectivity index (χ0v) is 17.3. The molecule has 0 saturated heterocycles. The molecule has 2 N–H and O–H groups in total. The number of nitrogens with one attached hydrogen (secondary N) is 2. The summed E-state index contributed by atoms with van der Waals surface area (Å²) in [5.74, 6) is 0.988. The molecule has 0 heterocycles. The highest BCUT2D eigenvalue weighted by molar-refractivity contribution is 7.80. The third kappa shape index (κ3) is 6.16. The number of carbonyl (C=O) groups excluding carboxylic acids is 1. The van der Waals surface area contributed by atoms with Crippen molar-refractivity contribution in [1.29, 1.82) is 0 Å². The van der Waals surface area contributed by atoms with Crippen LogP contribution in [0.1, 0.15) is 19.4 Å². The van der Waals surface area contributed by atoms with Crippen LogP contribution in [0.4, 0.5) is 5.69 Å². The summed E-state index contributed by atoms with van der Waals surface area (Å²) in [5, 5.41) is 8.14. The number of benzene rings is 3. The smallest absolute Gasteiger partial charge is 0.250 e. The average molecular weight is 405 g/mol. The van der Waals surface area contributed by atoms with Crippen LogP contribution in [0.25, 0.3) is 16.8 Å². The molecule has 0 aromatic heterocycles. The van der Waals surface area contributed by atoms with Crippen molar-refractivity contribution >= 4 is 45.8 Å². The maximum absolute atomic E-state index is 12.2. The quantitative estimate of drug-likeness (QED) is 0.427. The Morgan fingerprint density at radius 3 is 2.52 bits per heavy atom. The summed E-state index contributed by atoms with van der Waals surface area (Å²) in [6.45, 7) is 4.88. The molecule has 5 heteroatoms. The first-order valence-electron chi connectivity index (χ1n) is 9.52. The summed E-state index contributed by atoms with van der Waals surface area (Å²) >= 11 is 5.23. The lowest BCUT2D eigenvalue weighted by Crippen LogP contribution is -2.32. The van der Waals surface area contributed by atoms with Gasteiger partial charge in [-0.1, -0.05) is 56.3 Å². The molecular weight excluding hydrogens is 380 g/mol. The molecule has 0 saturated carbocycles. The van der Waals surface area contributed by atoms with E-state index in [1.807, 2.05) is 66.7 Å². The van der Waals surface area contributed by atoms with Crippen LogP contribution in [0, 0.1) is 5.92 Å². The molecule has 0 aliphatic rings. The highest BCUT2D eigenvalue weighted by atomic mass is 32.1. The van der Waals surface area contributed by atoms with E-state index in [2.05, 4.69) is 24.5 Å². The molecule has 0 spiro atoms. The summed E-state index contributed by atoms with van der Waals surface area (Å²) < 4.78 is 5.66. The van der Waals surface area contributed by atoms with Gasteiger partial charge in [0, 0.05) is 11.8 Å². The van der Waals surface area contributed by atoms with E-state index in [1.165, 1.54) is 6.08 Å². The fourth-order valence-corrected chi connectivity index (χ4v) is 2.99. The standard InChI is InChI=1S/C24H24N2O2S/c1-17(2)16-28-21-13-11-20(12-14-21)25-24(29)26-23(27)15-10-19-8-5-7-18-6-3-4-9-22(18)19/h3-15,17H,16H2,1-2H3,(H2,25,26,27,29). The van der Waals surface area contributed by atoms with Gasteiger partial charge in [0.05, 0.1) is 6.61 Å². The largest absolute Gasteiger partial charge is 0.493 e. The number of carbonyl (C=O) groups is 1. The topological polar surface area (TPSA) is 50.4 Å². The fourth-order valence-electron chi connectivity index (χ4n) is 2.77. The molecule has 0 aliphatic carbocycles. The van der Waals surface area contributed by atoms with Crippen molar-refractivity contribution in [3.8, 4) is 5.75 Å². The molecule has 0 fully saturated rings. The summed E-state index contributed by atoms with van der Waals surface area (Å²) in [6.07, 6.45) is 3.28. The molecule has 3 aromatic rings. The van der Waals surface area contributed by atoms with Crippen LogP contribution in [0.5, 0.6) is 5.75 Å². The second-order valence-electron chi connectivity index (χ2n) is 7.07. The Balaban J connectivity index is 1.55. The van der Waals surface area contributed by atoms with Crippen LogP contribution < -0.4 is 15.4 Å². The Morgan fingerprint density at radius 1 is 1.03 bits per heavy atom. The van der Waals surface area contributed by atoms with Crippen LogP contribution in [0.3, 0.4) is 0 Å². The third-order valence-corrected chi connectivity index (χ3v) is 4.37. The molecule has 0 aliphatic heterocycles. The van der Waals surface area contributed by atoms with Crippen molar-refractivity contribution in [2.24, 2.45) is 5.92 Å². The Bertz CT molecular complexity index is 1020. The van der Waals surface area contributed by atoms with Gasteiger partial charge in [-0.2, -0.15) is 0 Å². The lowest BCUT2D eigenvalue weighted by atomic mass is 10.0. The number of ether oxygens (including phenoxy) is 1. The molecule has 0 radical (unpaired) electrons. The minimum Gasteiger partial charge on any atom is -0.493 e. The number of rotatable bonds is 6. The number of fused-ring (bicyclic) bond motifs is 1. The maximum Gasteiger partial charge on any atom is 0.250 e. The Morgan fingerprint density at radius 2 is 1.76 bits per heavy atom. The Hall–Kier alpha value is -3.18. The lowest BCUT2D eigenvalue weighted by Gasteiger charge is -2.11. The SMILES string of the molecule is CC(C)COc1ccc(NC(=S)NC(=O)C=Cc2cccc3ccccc23)cc1. The second-order valence-corrected chi connectivity index (χ2v) is 7.48. The molecule has 0 atom stereocenters. The zero-order chi connectivity index (χ0) is 20.6. The molecule has 29 heavy (non-hydrogen) atoms. The maximum atomic E-state index is 12.2. The molecule has 0 unspecified atom stereocenters. The minimum absolute atomic E-state index is 0.244. The van der Waals surface area contributed by atoms with Gasteiger partial charge in [0.25, 0.3) is 0 Å². The van der Waals surface area contributed by atoms with Crippen LogP contribution in [0.2, 0.25) is 0 Å². The van der Waals surface area contributed by atoms with E-state index in [0.29, 0.717) is 12.5 Å². The first-order valence-corrected chi connectivity index (χ1v) is 9.93. The average Bonchev–Trinajstić information content (AvgIpc) is 2.71. The highest BCUT2D eigenvalue weighted by Crippen LogP contribution is 2.19. The van der Waals surface area contributed by atoms with Crippen LogP contribution in [-0.4, -0.2) is 17.6 Å². The summed E-state index contributed by atoms with van der Waals surface area (Å²) in [5.41, 5.74) is 1.76. The Labute approximate surface area is 176 Å². The van der Waals surface area contributed by atoms with Crippen molar-refractivity contribution < 1.29 is 9.53 Å². The van der Waals surface area contributed by atoms with E-state index in [4.69, 9.17) is 17.0 Å². The van der Waals surface area contributed by atoms with Gasteiger partial charge in [0.2, 0.25) is 5.91 Å². The monoisotopic (exact) mass is 404 g/mol. The minimum atomic E-state index is -0.285. The lowest BCUT2D eigenvalue weighted by molar-refractivity contribution is -0.115. The molecule has 3 rings (SSSR count). The van der Waals surface area contributed by atoms with Gasteiger partial charge in [-0.05, 0) is 64.8 Å². The number of thiocarbonyl (C=S) groups is 1. The highest BCUT2D eigenvalue weighted by Gasteiger charge is 2.04. The summed E-state index contributed by atoms with van der Waals surface area (Å²) in [7, 11) is 0. The molecular formula is C24H24N2O2S. The molecule has 0 bridgehead atoms. The predicted octanol–water partition coefficient (Wildman–Crippen LogP) is 5.40. The molecule has 148 valence electrons. The number of anilines is 1. The first kappa shape index (κ1) is 20.6. The van der Waals surface area contributed by atoms with Crippen molar-refractivity contribution in [2.45, 2.75) is 13.8 Å². The first-order chi connectivity index (χ1) is 14.0. The van der Waals surface area contributed by atoms with E-state index >= 15 is 0 Å². The van der Waals surface area contributed by atoms with E-state index < -0.39 is 0 Å². The molecule has 4 nitrogen and oxygen atoms in total. The van der Waals surface area contributed by atoms with E-state index in [-0.39, 0.29) is 11.0 Å². The zero-order valence-electron chi connectivity index (χ0n) is 16.5. The van der Waals surface area contributed by atoms with Crippen molar-refractivity contribution in [1.82, 2.24) is 5.32 Å². The van der Waals surface area contributed by atoms with Gasteiger partial charge >= 0.3 is 0 Å². The van der Waals surface area contributed by atoms with Crippen molar-refractivity contribution in [2.75, 3.05) is 11.9 Å². The van der Waals surface area contributed by atoms with Crippen molar-refractivity contribution in [3.63, 3.8) is 0 Å². The van der Waals surface area contributed by atoms with Gasteiger partial charge in [-0.25, -0.2) is 0 Å². The van der Waals surface area contributed by atoms with Crippen LogP contribution in [0.15, 0.2) is 72.8 Å². The predicted molar refractivity (Wildman–Crippen MR) is 124 cm³/mol. The van der Waals surface area contributed by atoms with Crippen LogP contribution >= 0.6 is 12.2 Å². The summed E-state index contributed by atoms with van der Waals surface area (Å²) in [6, 6.07) is 21.5. The summed E-state index contributed by atoms with van der Waals surface area (Å²) in [4.78, 5) is 12.2. The normalized spacial score (nSPS) is 11.0. The molecule has 1 amide bonds. The number of hydrogen-bond donors (Lipinski definition) is 2. The number of hydrogen-bond acceptors (Lipinski definition) is 3.